The minimum atomic E-state index is -4.66. The van der Waals surface area contributed by atoms with Gasteiger partial charge in [-0.15, -0.1) is 0 Å². The SMILES string of the molecule is CC/C=C\C/C=C\C/C=C\C/C=C\C/C=C\C/C=C\C/C=C\C/C=C\CCCCC(=O)OC(COC(=O)CCCCCCCCCCCCCCCCCCCCCCCCCCCCCC/C=C\C/C=C\C/C=C\C/C=C\CC)COP(=O)([O-])OCC[N+](C)(C)C. The van der Waals surface area contributed by atoms with Crippen molar-refractivity contribution in [1.29, 1.82) is 0 Å². The molecule has 526 valence electrons. The Bertz CT molecular complexity index is 2070. The van der Waals surface area contributed by atoms with Gasteiger partial charge in [-0.1, -0.05) is 327 Å². The second-order valence-corrected chi connectivity index (χ2v) is 27.3. The van der Waals surface area contributed by atoms with E-state index >= 15 is 0 Å². The van der Waals surface area contributed by atoms with Crippen molar-refractivity contribution in [3.05, 3.63) is 146 Å². The number of hydrogen-bond acceptors (Lipinski definition) is 8. The smallest absolute Gasteiger partial charge is 0.306 e. The van der Waals surface area contributed by atoms with E-state index in [-0.39, 0.29) is 26.1 Å². The molecule has 0 saturated carbocycles. The van der Waals surface area contributed by atoms with Crippen LogP contribution in [0.2, 0.25) is 0 Å². The van der Waals surface area contributed by atoms with E-state index in [1.165, 1.54) is 167 Å². The topological polar surface area (TPSA) is 111 Å². The molecule has 0 heterocycles. The molecule has 0 aromatic carbocycles. The van der Waals surface area contributed by atoms with E-state index in [1.54, 1.807) is 0 Å². The third kappa shape index (κ3) is 74.9. The van der Waals surface area contributed by atoms with Gasteiger partial charge in [0.25, 0.3) is 7.82 Å². The lowest BCUT2D eigenvalue weighted by Crippen LogP contribution is -2.37. The zero-order valence-corrected chi connectivity index (χ0v) is 60.8. The Hall–Kier alpha value is -4.11. The van der Waals surface area contributed by atoms with E-state index in [1.807, 2.05) is 21.1 Å². The van der Waals surface area contributed by atoms with Gasteiger partial charge >= 0.3 is 11.9 Å². The van der Waals surface area contributed by atoms with Crippen molar-refractivity contribution in [2.75, 3.05) is 47.5 Å². The summed E-state index contributed by atoms with van der Waals surface area (Å²) in [5.41, 5.74) is 0. The third-order valence-corrected chi connectivity index (χ3v) is 16.8. The number of rotatable bonds is 68. The highest BCUT2D eigenvalue weighted by atomic mass is 31.2. The number of ether oxygens (including phenoxy) is 2. The molecular weight excluding hydrogens is 1160 g/mol. The van der Waals surface area contributed by atoms with Crippen LogP contribution < -0.4 is 4.89 Å². The van der Waals surface area contributed by atoms with Gasteiger partial charge in [-0.05, 0) is 116 Å². The lowest BCUT2D eigenvalue weighted by molar-refractivity contribution is -0.870. The highest BCUT2D eigenvalue weighted by Gasteiger charge is 2.22. The molecule has 0 spiro atoms. The maximum absolute atomic E-state index is 12.8. The number of quaternary nitrogens is 1. The molecule has 10 heteroatoms. The fraction of sp³-hybridized carbons (Fsp3) is 0.683. The molecule has 0 fully saturated rings. The Morgan fingerprint density at radius 3 is 0.891 bits per heavy atom. The minimum Gasteiger partial charge on any atom is -0.756 e. The Kier molecular flexibility index (Phi) is 68.0. The van der Waals surface area contributed by atoms with Crippen LogP contribution in [0.5, 0.6) is 0 Å². The van der Waals surface area contributed by atoms with Crippen LogP contribution in [-0.2, 0) is 32.7 Å². The number of carbonyl (C=O) groups excluding carboxylic acids is 2. The molecule has 0 aliphatic rings. The number of hydrogen-bond donors (Lipinski definition) is 0. The first-order valence-corrected chi connectivity index (χ1v) is 39.0. The molecule has 0 rings (SSSR count). The van der Waals surface area contributed by atoms with E-state index in [0.717, 1.165) is 109 Å². The number of phosphoric acid groups is 1. The Morgan fingerprint density at radius 2 is 0.587 bits per heavy atom. The minimum absolute atomic E-state index is 0.0451. The molecule has 2 unspecified atom stereocenters. The van der Waals surface area contributed by atoms with E-state index in [0.29, 0.717) is 17.4 Å². The van der Waals surface area contributed by atoms with Crippen molar-refractivity contribution in [3.63, 3.8) is 0 Å². The monoisotopic (exact) mass is 1300 g/mol. The number of allylic oxidation sites excluding steroid dienone is 24. The summed E-state index contributed by atoms with van der Waals surface area (Å²) in [7, 11) is 1.13. The standard InChI is InChI=1S/C82H140NO8P/c1-6-8-10-12-14-16-18-20-22-24-26-28-30-32-34-35-36-37-38-39-40-41-42-43-44-45-46-47-49-50-52-54-56-58-60-62-64-66-68-70-72-74-81(84)88-78-80(79-90-92(86,87)89-77-76-83(3,4)5)91-82(85)75-73-71-69-67-65-63-61-59-57-55-53-51-48-33-31-29-27-25-23-21-19-17-15-13-11-9-7-2/h8-11,14-17,20-23,26-29,33,48,53,55,59,61,65,67,80H,6-7,12-13,18-19,24-25,30-32,34-47,49-52,54,56-58,60,62-64,66,68-79H2,1-5H3/b10-8-,11-9-,16-14-,17-15-,22-20-,23-21-,28-26-,29-27-,48-33-,55-53-,61-59-,67-65-. The molecular formula is C82H140NO8P. The van der Waals surface area contributed by atoms with Crippen molar-refractivity contribution < 1.29 is 42.1 Å². The van der Waals surface area contributed by atoms with Crippen molar-refractivity contribution in [1.82, 2.24) is 0 Å². The highest BCUT2D eigenvalue weighted by molar-refractivity contribution is 7.45. The number of esters is 2. The van der Waals surface area contributed by atoms with Crippen LogP contribution in [-0.4, -0.2) is 70.0 Å². The van der Waals surface area contributed by atoms with E-state index in [9.17, 15) is 19.0 Å². The highest BCUT2D eigenvalue weighted by Crippen LogP contribution is 2.38. The summed E-state index contributed by atoms with van der Waals surface area (Å²) in [6, 6.07) is 0. The van der Waals surface area contributed by atoms with Gasteiger partial charge in [-0.3, -0.25) is 14.2 Å². The van der Waals surface area contributed by atoms with Gasteiger partial charge in [-0.2, -0.15) is 0 Å². The first kappa shape index (κ1) is 87.9. The van der Waals surface area contributed by atoms with E-state index < -0.39 is 32.5 Å². The van der Waals surface area contributed by atoms with Crippen LogP contribution in [0, 0.1) is 0 Å². The van der Waals surface area contributed by atoms with Crippen LogP contribution in [0.4, 0.5) is 0 Å². The second-order valence-electron chi connectivity index (χ2n) is 25.9. The molecule has 92 heavy (non-hydrogen) atoms. The Balaban J connectivity index is 4.00. The van der Waals surface area contributed by atoms with Gasteiger partial charge in [-0.25, -0.2) is 0 Å². The van der Waals surface area contributed by atoms with Gasteiger partial charge in [0.05, 0.1) is 27.7 Å². The lowest BCUT2D eigenvalue weighted by atomic mass is 10.0. The summed E-state index contributed by atoms with van der Waals surface area (Å²) in [5, 5.41) is 0. The van der Waals surface area contributed by atoms with Gasteiger partial charge < -0.3 is 27.9 Å². The van der Waals surface area contributed by atoms with Gasteiger partial charge in [0.15, 0.2) is 6.10 Å². The molecule has 0 aliphatic carbocycles. The number of unbranched alkanes of at least 4 members (excludes halogenated alkanes) is 30. The quantitative estimate of drug-likeness (QED) is 0.0195. The van der Waals surface area contributed by atoms with Crippen molar-refractivity contribution in [2.24, 2.45) is 0 Å². The third-order valence-electron chi connectivity index (χ3n) is 15.9. The molecule has 0 bridgehead atoms. The Labute approximate surface area is 567 Å². The molecule has 0 aromatic rings. The van der Waals surface area contributed by atoms with E-state index in [4.69, 9.17) is 18.5 Å². The van der Waals surface area contributed by atoms with Crippen molar-refractivity contribution in [3.8, 4) is 0 Å². The average Bonchev–Trinajstić information content (AvgIpc) is 2.14. The predicted octanol–water partition coefficient (Wildman–Crippen LogP) is 24.3. The maximum Gasteiger partial charge on any atom is 0.306 e. The zero-order chi connectivity index (χ0) is 66.9. The van der Waals surface area contributed by atoms with Crippen LogP contribution >= 0.6 is 7.82 Å². The predicted molar refractivity (Wildman–Crippen MR) is 397 cm³/mol. The van der Waals surface area contributed by atoms with Gasteiger partial charge in [0, 0.05) is 12.8 Å². The van der Waals surface area contributed by atoms with Crippen LogP contribution in [0.15, 0.2) is 146 Å². The fourth-order valence-corrected chi connectivity index (χ4v) is 10.9. The average molecular weight is 1300 g/mol. The normalized spacial score (nSPS) is 13.9. The van der Waals surface area contributed by atoms with Crippen molar-refractivity contribution in [2.45, 2.75) is 315 Å². The van der Waals surface area contributed by atoms with Crippen LogP contribution in [0.25, 0.3) is 0 Å². The number of carbonyl (C=O) groups is 2. The second kappa shape index (κ2) is 71.2. The first-order valence-electron chi connectivity index (χ1n) is 37.5. The summed E-state index contributed by atoms with van der Waals surface area (Å²) in [5.74, 6) is -0.883. The van der Waals surface area contributed by atoms with Gasteiger partial charge in [0.1, 0.15) is 19.8 Å². The molecule has 9 nitrogen and oxygen atoms in total. The summed E-state index contributed by atoms with van der Waals surface area (Å²) in [4.78, 5) is 38.1. The van der Waals surface area contributed by atoms with Crippen LogP contribution in [0.1, 0.15) is 309 Å². The van der Waals surface area contributed by atoms with Crippen LogP contribution in [0.3, 0.4) is 0 Å². The van der Waals surface area contributed by atoms with E-state index in [2.05, 4.69) is 160 Å². The van der Waals surface area contributed by atoms with Crippen molar-refractivity contribution >= 4 is 19.8 Å². The summed E-state index contributed by atoms with van der Waals surface area (Å²) < 4.78 is 34.3. The summed E-state index contributed by atoms with van der Waals surface area (Å²) in [6.45, 7) is 3.97. The Morgan fingerprint density at radius 1 is 0.337 bits per heavy atom. The molecule has 0 aromatic heterocycles. The molecule has 0 aliphatic heterocycles. The lowest BCUT2D eigenvalue weighted by Gasteiger charge is -2.28. The molecule has 0 amide bonds. The zero-order valence-electron chi connectivity index (χ0n) is 59.9. The maximum atomic E-state index is 12.8. The number of likely N-dealkylation sites (N-methyl/N-ethyl adjacent to an activating group) is 1. The number of nitrogens with zero attached hydrogens (tertiary/aromatic N) is 1. The number of phosphoric ester groups is 1. The molecule has 0 N–H and O–H groups in total. The fourth-order valence-electron chi connectivity index (χ4n) is 10.2. The molecule has 2 atom stereocenters. The molecule has 0 radical (unpaired) electrons. The first-order chi connectivity index (χ1) is 45.0. The van der Waals surface area contributed by atoms with Gasteiger partial charge in [0.2, 0.25) is 0 Å². The summed E-state index contributed by atoms with van der Waals surface area (Å²) in [6.07, 6.45) is 105. The largest absolute Gasteiger partial charge is 0.756 e. The molecule has 0 saturated heterocycles. The summed E-state index contributed by atoms with van der Waals surface area (Å²) >= 11 is 0.